The van der Waals surface area contributed by atoms with E-state index in [1.54, 1.807) is 6.20 Å². The summed E-state index contributed by atoms with van der Waals surface area (Å²) >= 11 is 0. The number of carbonyl (C=O) groups is 1. The lowest BCUT2D eigenvalue weighted by molar-refractivity contribution is -0.137. The number of hydrogen-bond acceptors (Lipinski definition) is 5. The molecule has 2 aromatic heterocycles. The van der Waals surface area contributed by atoms with E-state index >= 15 is 0 Å². The predicted molar refractivity (Wildman–Crippen MR) is 86.8 cm³/mol. The normalized spacial score (nSPS) is 11.4. The van der Waals surface area contributed by atoms with E-state index in [-0.39, 0.29) is 30.5 Å². The Morgan fingerprint density at radius 3 is 2.89 bits per heavy atom. The van der Waals surface area contributed by atoms with Crippen molar-refractivity contribution >= 4 is 5.91 Å². The van der Waals surface area contributed by atoms with E-state index in [0.29, 0.717) is 5.82 Å². The van der Waals surface area contributed by atoms with Crippen molar-refractivity contribution in [1.82, 2.24) is 20.3 Å². The molecule has 27 heavy (non-hydrogen) atoms. The van der Waals surface area contributed by atoms with Gasteiger partial charge in [-0.25, -0.2) is 9.97 Å². The minimum atomic E-state index is -4.46. The number of hydrogen-bond donors (Lipinski definition) is 2. The first-order valence-electron chi connectivity index (χ1n) is 7.84. The molecule has 7 nitrogen and oxygen atoms in total. The fourth-order valence-electron chi connectivity index (χ4n) is 2.20. The van der Waals surface area contributed by atoms with Crippen LogP contribution in [0.1, 0.15) is 33.5 Å². The Morgan fingerprint density at radius 2 is 2.19 bits per heavy atom. The molecule has 0 unspecified atom stereocenters. The fraction of sp³-hybridized carbons (Fsp3) is 0.235. The summed E-state index contributed by atoms with van der Waals surface area (Å²) in [4.78, 5) is 23.0. The molecule has 0 atom stereocenters. The molecule has 0 saturated carbocycles. The van der Waals surface area contributed by atoms with Crippen molar-refractivity contribution in [3.05, 3.63) is 65.4 Å². The van der Waals surface area contributed by atoms with Crippen molar-refractivity contribution in [1.29, 1.82) is 0 Å². The number of aromatic amines is 1. The van der Waals surface area contributed by atoms with Gasteiger partial charge in [-0.2, -0.15) is 13.2 Å². The number of halogens is 3. The molecule has 0 bridgehead atoms. The Labute approximate surface area is 151 Å². The average Bonchev–Trinajstić information content (AvgIpc) is 3.26. The van der Waals surface area contributed by atoms with Crippen LogP contribution >= 0.6 is 0 Å². The number of H-pyrrole nitrogens is 1. The molecule has 10 heteroatoms. The Hall–Kier alpha value is -3.30. The molecule has 2 heterocycles. The van der Waals surface area contributed by atoms with Crippen molar-refractivity contribution in [2.24, 2.45) is 0 Å². The molecule has 3 aromatic rings. The topological polar surface area (TPSA) is 93.0 Å². The van der Waals surface area contributed by atoms with Gasteiger partial charge in [0.1, 0.15) is 17.8 Å². The molecule has 1 aromatic carbocycles. The summed E-state index contributed by atoms with van der Waals surface area (Å²) in [6.45, 7) is 1.81. The Morgan fingerprint density at radius 1 is 1.37 bits per heavy atom. The number of aryl methyl sites for hydroxylation is 1. The van der Waals surface area contributed by atoms with Crippen LogP contribution in [0.15, 0.2) is 41.1 Å². The lowest BCUT2D eigenvalue weighted by Crippen LogP contribution is -2.23. The molecule has 0 aliphatic heterocycles. The molecule has 2 N–H and O–H groups in total. The third-order valence-electron chi connectivity index (χ3n) is 3.48. The van der Waals surface area contributed by atoms with Gasteiger partial charge in [-0.3, -0.25) is 4.79 Å². The zero-order valence-electron chi connectivity index (χ0n) is 14.1. The second-order valence-electron chi connectivity index (χ2n) is 5.64. The minimum absolute atomic E-state index is 0.0159. The Kier molecular flexibility index (Phi) is 5.15. The van der Waals surface area contributed by atoms with E-state index in [2.05, 4.69) is 20.3 Å². The zero-order chi connectivity index (χ0) is 19.4. The quantitative estimate of drug-likeness (QED) is 0.685. The maximum absolute atomic E-state index is 12.7. The van der Waals surface area contributed by atoms with Crippen LogP contribution in [0.4, 0.5) is 13.2 Å². The van der Waals surface area contributed by atoms with Crippen LogP contribution in [0, 0.1) is 6.92 Å². The summed E-state index contributed by atoms with van der Waals surface area (Å²) in [6, 6.07) is 4.45. The standard InChI is InChI=1S/C17H15F3N4O3/c1-10-6-21-14(23-10)7-22-16(25)13-8-27-15(24-13)9-26-12-4-2-3-11(5-12)17(18,19)20/h2-6,8H,7,9H2,1H3,(H,21,23)(H,22,25). The Bertz CT molecular complexity index is 933. The first kappa shape index (κ1) is 18.5. The van der Waals surface area contributed by atoms with Gasteiger partial charge in [-0.15, -0.1) is 0 Å². The molecule has 0 fully saturated rings. The third-order valence-corrected chi connectivity index (χ3v) is 3.48. The molecule has 0 spiro atoms. The highest BCUT2D eigenvalue weighted by molar-refractivity contribution is 5.91. The largest absolute Gasteiger partial charge is 0.484 e. The first-order valence-corrected chi connectivity index (χ1v) is 7.84. The number of nitrogens with zero attached hydrogens (tertiary/aromatic N) is 2. The first-order chi connectivity index (χ1) is 12.8. The van der Waals surface area contributed by atoms with Crippen molar-refractivity contribution in [2.45, 2.75) is 26.3 Å². The second-order valence-corrected chi connectivity index (χ2v) is 5.64. The number of amides is 1. The van der Waals surface area contributed by atoms with Gasteiger partial charge in [-0.05, 0) is 25.1 Å². The Balaban J connectivity index is 1.55. The van der Waals surface area contributed by atoms with Crippen molar-refractivity contribution in [2.75, 3.05) is 0 Å². The van der Waals surface area contributed by atoms with Gasteiger partial charge < -0.3 is 19.5 Å². The van der Waals surface area contributed by atoms with E-state index in [1.165, 1.54) is 12.1 Å². The number of oxazole rings is 1. The van der Waals surface area contributed by atoms with E-state index in [9.17, 15) is 18.0 Å². The summed E-state index contributed by atoms with van der Waals surface area (Å²) in [7, 11) is 0. The number of ether oxygens (including phenoxy) is 1. The number of alkyl halides is 3. The van der Waals surface area contributed by atoms with Crippen molar-refractivity contribution in [3.63, 3.8) is 0 Å². The number of imidazole rings is 1. The maximum Gasteiger partial charge on any atom is 0.416 e. The number of benzene rings is 1. The molecule has 142 valence electrons. The molecule has 0 aliphatic rings. The molecule has 0 radical (unpaired) electrons. The maximum atomic E-state index is 12.7. The molecule has 1 amide bonds. The monoisotopic (exact) mass is 380 g/mol. The summed E-state index contributed by atoms with van der Waals surface area (Å²) in [5.74, 6) is 0.198. The van der Waals surface area contributed by atoms with Gasteiger partial charge in [0.15, 0.2) is 12.3 Å². The molecule has 0 aliphatic carbocycles. The predicted octanol–water partition coefficient (Wildman–Crippen LogP) is 3.23. The van der Waals surface area contributed by atoms with Gasteiger partial charge in [0, 0.05) is 11.9 Å². The highest BCUT2D eigenvalue weighted by atomic mass is 19.4. The van der Waals surface area contributed by atoms with Crippen LogP contribution < -0.4 is 10.1 Å². The molecular formula is C17H15F3N4O3. The summed E-state index contributed by atoms with van der Waals surface area (Å²) in [6.07, 6.45) is -1.67. The van der Waals surface area contributed by atoms with Gasteiger partial charge in [0.2, 0.25) is 5.89 Å². The van der Waals surface area contributed by atoms with Crippen LogP contribution in [0.2, 0.25) is 0 Å². The van der Waals surface area contributed by atoms with Gasteiger partial charge in [0.05, 0.1) is 12.1 Å². The molecular weight excluding hydrogens is 365 g/mol. The second kappa shape index (κ2) is 7.52. The van der Waals surface area contributed by atoms with E-state index in [4.69, 9.17) is 9.15 Å². The number of rotatable bonds is 6. The van der Waals surface area contributed by atoms with Crippen LogP contribution in [0.5, 0.6) is 5.75 Å². The molecule has 0 saturated heterocycles. The summed E-state index contributed by atoms with van der Waals surface area (Å²) in [5.41, 5.74) is 0.0799. The van der Waals surface area contributed by atoms with Crippen LogP contribution in [0.3, 0.4) is 0 Å². The smallest absolute Gasteiger partial charge is 0.416 e. The van der Waals surface area contributed by atoms with Crippen LogP contribution in [0.25, 0.3) is 0 Å². The summed E-state index contributed by atoms with van der Waals surface area (Å²) < 4.78 is 48.4. The zero-order valence-corrected chi connectivity index (χ0v) is 14.1. The van der Waals surface area contributed by atoms with E-state index in [0.717, 1.165) is 24.1 Å². The van der Waals surface area contributed by atoms with E-state index in [1.807, 2.05) is 6.92 Å². The van der Waals surface area contributed by atoms with Gasteiger partial charge in [0.25, 0.3) is 5.91 Å². The lowest BCUT2D eigenvalue weighted by atomic mass is 10.2. The van der Waals surface area contributed by atoms with Crippen LogP contribution in [-0.4, -0.2) is 20.9 Å². The average molecular weight is 380 g/mol. The molecule has 3 rings (SSSR count). The minimum Gasteiger partial charge on any atom is -0.484 e. The summed E-state index contributed by atoms with van der Waals surface area (Å²) in [5, 5.41) is 2.62. The highest BCUT2D eigenvalue weighted by Crippen LogP contribution is 2.31. The van der Waals surface area contributed by atoms with Crippen LogP contribution in [-0.2, 0) is 19.3 Å². The highest BCUT2D eigenvalue weighted by Gasteiger charge is 2.30. The number of nitrogens with one attached hydrogen (secondary N) is 2. The fourth-order valence-corrected chi connectivity index (χ4v) is 2.20. The lowest BCUT2D eigenvalue weighted by Gasteiger charge is -2.09. The van der Waals surface area contributed by atoms with Crippen molar-refractivity contribution < 1.29 is 27.1 Å². The number of carbonyl (C=O) groups excluding carboxylic acids is 1. The van der Waals surface area contributed by atoms with Crippen molar-refractivity contribution in [3.8, 4) is 5.75 Å². The van der Waals surface area contributed by atoms with Gasteiger partial charge >= 0.3 is 6.18 Å². The number of aromatic nitrogens is 3. The van der Waals surface area contributed by atoms with E-state index < -0.39 is 17.6 Å². The SMILES string of the molecule is Cc1cnc(CNC(=O)c2coc(COc3cccc(C(F)(F)F)c3)n2)[nH]1. The van der Waals surface area contributed by atoms with Gasteiger partial charge in [-0.1, -0.05) is 6.07 Å². The third kappa shape index (κ3) is 4.87.